The molecule has 2 heterocycles. The van der Waals surface area contributed by atoms with E-state index in [0.29, 0.717) is 5.82 Å². The van der Waals surface area contributed by atoms with Gasteiger partial charge in [0, 0.05) is 42.3 Å². The van der Waals surface area contributed by atoms with Crippen molar-refractivity contribution in [1.82, 2.24) is 9.97 Å². The van der Waals surface area contributed by atoms with Gasteiger partial charge in [-0.3, -0.25) is 0 Å². The molecule has 11 rings (SSSR count). The molecular formula is C54H36N2S. The molecule has 1 atom stereocenters. The summed E-state index contributed by atoms with van der Waals surface area (Å²) in [5, 5.41) is 2.61. The van der Waals surface area contributed by atoms with Crippen LogP contribution < -0.4 is 0 Å². The zero-order chi connectivity index (χ0) is 37.9. The standard InChI is InChI=1S/C54H36N2S/c1-54(42-17-6-3-7-18-42)47-21-10-8-19-43(47)44-29-27-40(33-48(44)54)35-23-25-36(26-24-35)49-34-50(56-53(55-49)37-13-4-2-5-14-37)41-16-12-15-38(31-41)39-28-30-52-46(32-39)45-20-9-11-22-51(45)57-52/h2-34H,1H3. The zero-order valence-corrected chi connectivity index (χ0v) is 32.2. The Bertz CT molecular complexity index is 3130. The van der Waals surface area contributed by atoms with Gasteiger partial charge in [0.1, 0.15) is 0 Å². The van der Waals surface area contributed by atoms with Gasteiger partial charge in [-0.25, -0.2) is 9.97 Å². The molecule has 10 aromatic rings. The minimum absolute atomic E-state index is 0.239. The Balaban J connectivity index is 0.974. The first-order chi connectivity index (χ1) is 28.1. The number of benzene rings is 8. The van der Waals surface area contributed by atoms with Crippen LogP contribution >= 0.6 is 11.3 Å². The van der Waals surface area contributed by atoms with E-state index in [1.54, 1.807) is 0 Å². The summed E-state index contributed by atoms with van der Waals surface area (Å²) in [5.74, 6) is 0.710. The van der Waals surface area contributed by atoms with Gasteiger partial charge in [-0.15, -0.1) is 11.3 Å². The highest BCUT2D eigenvalue weighted by Gasteiger charge is 2.40. The van der Waals surface area contributed by atoms with Crippen LogP contribution in [-0.2, 0) is 5.41 Å². The van der Waals surface area contributed by atoms with E-state index in [1.807, 2.05) is 29.5 Å². The quantitative estimate of drug-likeness (QED) is 0.169. The fraction of sp³-hybridized carbons (Fsp3) is 0.0370. The summed E-state index contributed by atoms with van der Waals surface area (Å²) < 4.78 is 2.63. The summed E-state index contributed by atoms with van der Waals surface area (Å²) in [6, 6.07) is 72.3. The second kappa shape index (κ2) is 13.4. The predicted octanol–water partition coefficient (Wildman–Crippen LogP) is 14.5. The molecule has 8 aromatic carbocycles. The van der Waals surface area contributed by atoms with Gasteiger partial charge >= 0.3 is 0 Å². The average Bonchev–Trinajstić information content (AvgIpc) is 3.79. The first-order valence-corrected chi connectivity index (χ1v) is 20.3. The normalized spacial score (nSPS) is 14.5. The number of fused-ring (bicyclic) bond motifs is 6. The van der Waals surface area contributed by atoms with Gasteiger partial charge in [0.15, 0.2) is 5.82 Å². The number of hydrogen-bond acceptors (Lipinski definition) is 3. The van der Waals surface area contributed by atoms with E-state index in [4.69, 9.17) is 9.97 Å². The number of aromatic nitrogens is 2. The van der Waals surface area contributed by atoms with E-state index in [1.165, 1.54) is 64.7 Å². The Labute approximate surface area is 336 Å². The zero-order valence-electron chi connectivity index (χ0n) is 31.4. The van der Waals surface area contributed by atoms with Crippen LogP contribution in [0.25, 0.3) is 87.5 Å². The third kappa shape index (κ3) is 5.62. The Morgan fingerprint density at radius 3 is 1.79 bits per heavy atom. The molecule has 0 saturated carbocycles. The van der Waals surface area contributed by atoms with Crippen molar-refractivity contribution in [3.63, 3.8) is 0 Å². The van der Waals surface area contributed by atoms with Gasteiger partial charge in [-0.1, -0.05) is 164 Å². The molecule has 1 unspecified atom stereocenters. The number of hydrogen-bond donors (Lipinski definition) is 0. The van der Waals surface area contributed by atoms with Crippen LogP contribution in [0.1, 0.15) is 23.6 Å². The molecule has 1 aliphatic rings. The maximum Gasteiger partial charge on any atom is 0.160 e. The third-order valence-electron chi connectivity index (χ3n) is 11.8. The molecule has 2 aromatic heterocycles. The largest absolute Gasteiger partial charge is 0.228 e. The first kappa shape index (κ1) is 33.4. The first-order valence-electron chi connectivity index (χ1n) is 19.5. The lowest BCUT2D eigenvalue weighted by Gasteiger charge is -2.28. The van der Waals surface area contributed by atoms with Crippen LogP contribution in [0.15, 0.2) is 200 Å². The molecule has 0 amide bonds. The Morgan fingerprint density at radius 2 is 0.947 bits per heavy atom. The third-order valence-corrected chi connectivity index (χ3v) is 13.0. The lowest BCUT2D eigenvalue weighted by molar-refractivity contribution is 0.714. The van der Waals surface area contributed by atoms with Crippen LogP contribution in [0.4, 0.5) is 0 Å². The van der Waals surface area contributed by atoms with E-state index in [2.05, 4.69) is 189 Å². The molecule has 1 aliphatic carbocycles. The van der Waals surface area contributed by atoms with Crippen LogP contribution in [-0.4, -0.2) is 9.97 Å². The van der Waals surface area contributed by atoms with E-state index >= 15 is 0 Å². The van der Waals surface area contributed by atoms with Crippen molar-refractivity contribution >= 4 is 31.5 Å². The Hall–Kier alpha value is -6.94. The van der Waals surface area contributed by atoms with Crippen LogP contribution in [0, 0.1) is 0 Å². The smallest absolute Gasteiger partial charge is 0.160 e. The lowest BCUT2D eigenvalue weighted by Crippen LogP contribution is -2.22. The van der Waals surface area contributed by atoms with Crippen molar-refractivity contribution in [3.05, 3.63) is 217 Å². The molecular weight excluding hydrogens is 709 g/mol. The van der Waals surface area contributed by atoms with E-state index in [9.17, 15) is 0 Å². The molecule has 2 nitrogen and oxygen atoms in total. The van der Waals surface area contributed by atoms with E-state index in [0.717, 1.165) is 33.6 Å². The minimum atomic E-state index is -0.239. The molecule has 3 heteroatoms. The van der Waals surface area contributed by atoms with Crippen LogP contribution in [0.2, 0.25) is 0 Å². The Kier molecular flexibility index (Phi) is 7.84. The summed E-state index contributed by atoms with van der Waals surface area (Å²) in [6.07, 6.45) is 0. The number of rotatable bonds is 6. The minimum Gasteiger partial charge on any atom is -0.228 e. The van der Waals surface area contributed by atoms with Gasteiger partial charge in [-0.05, 0) is 93.4 Å². The molecule has 0 aliphatic heterocycles. The highest BCUT2D eigenvalue weighted by Crippen LogP contribution is 2.53. The van der Waals surface area contributed by atoms with E-state index < -0.39 is 0 Å². The average molecular weight is 745 g/mol. The fourth-order valence-corrected chi connectivity index (χ4v) is 9.90. The summed E-state index contributed by atoms with van der Waals surface area (Å²) in [6.45, 7) is 2.37. The summed E-state index contributed by atoms with van der Waals surface area (Å²) in [4.78, 5) is 10.3. The van der Waals surface area contributed by atoms with Gasteiger partial charge in [0.2, 0.25) is 0 Å². The highest BCUT2D eigenvalue weighted by molar-refractivity contribution is 7.25. The number of nitrogens with zero attached hydrogens (tertiary/aromatic N) is 2. The van der Waals surface area contributed by atoms with Crippen LogP contribution in [0.5, 0.6) is 0 Å². The van der Waals surface area contributed by atoms with E-state index in [-0.39, 0.29) is 5.41 Å². The van der Waals surface area contributed by atoms with Crippen molar-refractivity contribution in [2.45, 2.75) is 12.3 Å². The van der Waals surface area contributed by atoms with Crippen molar-refractivity contribution < 1.29 is 0 Å². The molecule has 0 radical (unpaired) electrons. The van der Waals surface area contributed by atoms with Gasteiger partial charge in [0.05, 0.1) is 11.4 Å². The number of thiophene rings is 1. The van der Waals surface area contributed by atoms with Gasteiger partial charge < -0.3 is 0 Å². The monoisotopic (exact) mass is 744 g/mol. The Morgan fingerprint density at radius 1 is 0.368 bits per heavy atom. The lowest BCUT2D eigenvalue weighted by atomic mass is 9.74. The topological polar surface area (TPSA) is 25.8 Å². The van der Waals surface area contributed by atoms with Gasteiger partial charge in [-0.2, -0.15) is 0 Å². The van der Waals surface area contributed by atoms with Crippen LogP contribution in [0.3, 0.4) is 0 Å². The summed E-state index contributed by atoms with van der Waals surface area (Å²) in [7, 11) is 0. The molecule has 268 valence electrons. The van der Waals surface area contributed by atoms with Crippen molar-refractivity contribution in [3.8, 4) is 67.3 Å². The van der Waals surface area contributed by atoms with Crippen molar-refractivity contribution in [1.29, 1.82) is 0 Å². The van der Waals surface area contributed by atoms with Gasteiger partial charge in [0.25, 0.3) is 0 Å². The highest BCUT2D eigenvalue weighted by atomic mass is 32.1. The second-order valence-corrected chi connectivity index (χ2v) is 16.2. The molecule has 0 spiro atoms. The van der Waals surface area contributed by atoms with Crippen molar-refractivity contribution in [2.24, 2.45) is 0 Å². The summed E-state index contributed by atoms with van der Waals surface area (Å²) >= 11 is 1.85. The SMILES string of the molecule is CC1(c2ccccc2)c2ccccc2-c2ccc(-c3ccc(-c4cc(-c5cccc(-c6ccc7sc8ccccc8c7c6)c5)nc(-c5ccccc5)n4)cc3)cc21. The molecule has 0 N–H and O–H groups in total. The molecule has 0 fully saturated rings. The van der Waals surface area contributed by atoms with Crippen molar-refractivity contribution in [2.75, 3.05) is 0 Å². The second-order valence-electron chi connectivity index (χ2n) is 15.1. The summed E-state index contributed by atoms with van der Waals surface area (Å²) in [5.41, 5.74) is 16.0. The predicted molar refractivity (Wildman–Crippen MR) is 240 cm³/mol. The molecule has 0 saturated heterocycles. The maximum absolute atomic E-state index is 5.16. The molecule has 57 heavy (non-hydrogen) atoms. The molecule has 0 bridgehead atoms. The maximum atomic E-state index is 5.16. The fourth-order valence-electron chi connectivity index (χ4n) is 8.81.